The highest BCUT2D eigenvalue weighted by molar-refractivity contribution is 7.21. The smallest absolute Gasteiger partial charge is 0.193 e. The molecule has 2 heterocycles. The van der Waals surface area contributed by atoms with Crippen molar-refractivity contribution >= 4 is 33.2 Å². The number of H-pyrrole nitrogens is 1. The maximum absolute atomic E-state index is 9.10. The van der Waals surface area contributed by atoms with Crippen LogP contribution in [-0.4, -0.2) is 10.1 Å². The lowest BCUT2D eigenvalue weighted by atomic mass is 10.5. The van der Waals surface area contributed by atoms with Crippen molar-refractivity contribution < 1.29 is 5.11 Å². The lowest BCUT2D eigenvalue weighted by Crippen LogP contribution is -1.58. The number of aromatic hydroxyl groups is 1. The van der Waals surface area contributed by atoms with Crippen molar-refractivity contribution in [3.63, 3.8) is 0 Å². The normalized spacial score (nSPS) is 10.9. The van der Waals surface area contributed by atoms with Crippen LogP contribution in [0.1, 0.15) is 0 Å². The molecule has 0 spiro atoms. The fraction of sp³-hybridized carbons (Fsp3) is 0. The minimum absolute atomic E-state index is 0.184. The van der Waals surface area contributed by atoms with Crippen LogP contribution in [0.3, 0.4) is 0 Å². The number of fused-ring (bicyclic) bond motifs is 1. The van der Waals surface area contributed by atoms with E-state index in [1.54, 1.807) is 6.20 Å². The number of rotatable bonds is 0. The Morgan fingerprint density at radius 3 is 3.10 bits per heavy atom. The van der Waals surface area contributed by atoms with E-state index >= 15 is 0 Å². The third-order valence-electron chi connectivity index (χ3n) is 1.32. The van der Waals surface area contributed by atoms with Crippen LogP contribution in [0.5, 0.6) is 5.06 Å². The largest absolute Gasteiger partial charge is 0.498 e. The molecule has 2 N–H and O–H groups in total. The Kier molecular flexibility index (Phi) is 1.16. The third kappa shape index (κ3) is 0.646. The van der Waals surface area contributed by atoms with Gasteiger partial charge in [-0.05, 0) is 6.07 Å². The maximum atomic E-state index is 9.10. The van der Waals surface area contributed by atoms with Gasteiger partial charge >= 0.3 is 0 Å². The first kappa shape index (κ1) is 6.07. The summed E-state index contributed by atoms with van der Waals surface area (Å²) in [5, 5.41) is 9.70. The Bertz CT molecular complexity index is 365. The summed E-state index contributed by atoms with van der Waals surface area (Å²) in [7, 11) is 0. The van der Waals surface area contributed by atoms with E-state index < -0.39 is 0 Å². The van der Waals surface area contributed by atoms with Crippen LogP contribution in [-0.2, 0) is 0 Å². The maximum Gasteiger partial charge on any atom is 0.193 e. The molecule has 2 aromatic rings. The average Bonchev–Trinajstić information content (AvgIpc) is 2.41. The van der Waals surface area contributed by atoms with Crippen LogP contribution < -0.4 is 0 Å². The number of halogens is 1. The molecule has 0 amide bonds. The highest BCUT2D eigenvalue weighted by atomic mass is 35.5. The molecule has 0 atom stereocenters. The molecule has 0 saturated heterocycles. The fourth-order valence-electron chi connectivity index (χ4n) is 0.868. The minimum Gasteiger partial charge on any atom is -0.498 e. The fourth-order valence-corrected chi connectivity index (χ4v) is 1.99. The van der Waals surface area contributed by atoms with Gasteiger partial charge in [0.15, 0.2) is 5.06 Å². The second kappa shape index (κ2) is 1.90. The van der Waals surface area contributed by atoms with Gasteiger partial charge in [-0.1, -0.05) is 22.9 Å². The van der Waals surface area contributed by atoms with E-state index in [0.717, 1.165) is 10.2 Å². The highest BCUT2D eigenvalue weighted by Crippen LogP contribution is 2.39. The quantitative estimate of drug-likeness (QED) is 0.631. The number of aromatic amines is 1. The summed E-state index contributed by atoms with van der Waals surface area (Å²) in [6, 6.07) is 1.88. The standard InChI is InChI=1S/C6H4ClNOS/c7-4-5-3(1-2-8-5)10-6(4)9/h1-2,8-9H. The van der Waals surface area contributed by atoms with Crippen LogP contribution in [0, 0.1) is 0 Å². The zero-order valence-electron chi connectivity index (χ0n) is 4.89. The highest BCUT2D eigenvalue weighted by Gasteiger charge is 2.08. The second-order valence-electron chi connectivity index (χ2n) is 1.94. The van der Waals surface area contributed by atoms with E-state index in [1.807, 2.05) is 6.07 Å². The summed E-state index contributed by atoms with van der Waals surface area (Å²) in [5.74, 6) is 0. The Morgan fingerprint density at radius 1 is 1.60 bits per heavy atom. The van der Waals surface area contributed by atoms with Crippen molar-refractivity contribution in [2.75, 3.05) is 0 Å². The first-order chi connectivity index (χ1) is 4.79. The molecule has 0 bridgehead atoms. The van der Waals surface area contributed by atoms with Crippen LogP contribution >= 0.6 is 22.9 Å². The van der Waals surface area contributed by atoms with Crippen LogP contribution in [0.2, 0.25) is 5.02 Å². The van der Waals surface area contributed by atoms with Gasteiger partial charge in [0.05, 0.1) is 10.2 Å². The third-order valence-corrected chi connectivity index (χ3v) is 2.76. The van der Waals surface area contributed by atoms with Gasteiger partial charge < -0.3 is 10.1 Å². The molecule has 0 aliphatic rings. The summed E-state index contributed by atoms with van der Waals surface area (Å²) in [6.45, 7) is 0. The van der Waals surface area contributed by atoms with Gasteiger partial charge in [-0.25, -0.2) is 0 Å². The van der Waals surface area contributed by atoms with E-state index in [4.69, 9.17) is 16.7 Å². The lowest BCUT2D eigenvalue weighted by Gasteiger charge is -1.81. The summed E-state index contributed by atoms with van der Waals surface area (Å²) in [4.78, 5) is 2.93. The summed E-state index contributed by atoms with van der Waals surface area (Å²) >= 11 is 6.99. The summed E-state index contributed by atoms with van der Waals surface area (Å²) < 4.78 is 0.988. The number of aromatic nitrogens is 1. The summed E-state index contributed by atoms with van der Waals surface area (Å²) in [6.07, 6.45) is 1.80. The number of hydrogen-bond donors (Lipinski definition) is 2. The van der Waals surface area contributed by atoms with E-state index in [2.05, 4.69) is 4.98 Å². The predicted octanol–water partition coefficient (Wildman–Crippen LogP) is 2.59. The molecule has 10 heavy (non-hydrogen) atoms. The predicted molar refractivity (Wildman–Crippen MR) is 42.9 cm³/mol. The van der Waals surface area contributed by atoms with Gasteiger partial charge in [0.2, 0.25) is 0 Å². The first-order valence-electron chi connectivity index (χ1n) is 2.73. The van der Waals surface area contributed by atoms with Gasteiger partial charge in [0, 0.05) is 6.20 Å². The topological polar surface area (TPSA) is 36.0 Å². The van der Waals surface area contributed by atoms with Crippen LogP contribution in [0.15, 0.2) is 12.3 Å². The lowest BCUT2D eigenvalue weighted by molar-refractivity contribution is 0.491. The van der Waals surface area contributed by atoms with Gasteiger partial charge in [-0.3, -0.25) is 0 Å². The molecule has 0 saturated carbocycles. The van der Waals surface area contributed by atoms with E-state index in [1.165, 1.54) is 11.3 Å². The van der Waals surface area contributed by atoms with E-state index in [0.29, 0.717) is 5.02 Å². The van der Waals surface area contributed by atoms with Crippen LogP contribution in [0.25, 0.3) is 10.2 Å². The molecule has 0 unspecified atom stereocenters. The molecular weight excluding hydrogens is 170 g/mol. The molecule has 0 radical (unpaired) electrons. The number of hydrogen-bond acceptors (Lipinski definition) is 2. The first-order valence-corrected chi connectivity index (χ1v) is 3.93. The Balaban J connectivity index is 2.95. The number of nitrogens with one attached hydrogen (secondary N) is 1. The second-order valence-corrected chi connectivity index (χ2v) is 3.35. The molecule has 0 aromatic carbocycles. The minimum atomic E-state index is 0.184. The van der Waals surface area contributed by atoms with E-state index in [9.17, 15) is 0 Å². The van der Waals surface area contributed by atoms with Crippen molar-refractivity contribution in [1.82, 2.24) is 4.98 Å². The van der Waals surface area contributed by atoms with Crippen molar-refractivity contribution in [1.29, 1.82) is 0 Å². The van der Waals surface area contributed by atoms with Crippen molar-refractivity contribution in [3.05, 3.63) is 17.3 Å². The molecule has 2 aromatic heterocycles. The molecule has 0 fully saturated rings. The molecule has 2 nitrogen and oxygen atoms in total. The molecule has 0 aliphatic carbocycles. The molecule has 2 rings (SSSR count). The van der Waals surface area contributed by atoms with Crippen molar-refractivity contribution in [2.45, 2.75) is 0 Å². The van der Waals surface area contributed by atoms with Crippen LogP contribution in [0.4, 0.5) is 0 Å². The zero-order chi connectivity index (χ0) is 7.14. The monoisotopic (exact) mass is 173 g/mol. The molecule has 4 heteroatoms. The molecular formula is C6H4ClNOS. The van der Waals surface area contributed by atoms with Gasteiger partial charge in [0.1, 0.15) is 5.02 Å². The number of thiophene rings is 1. The van der Waals surface area contributed by atoms with E-state index in [-0.39, 0.29) is 5.06 Å². The Hall–Kier alpha value is -0.670. The average molecular weight is 174 g/mol. The Labute approximate surface area is 66.1 Å². The van der Waals surface area contributed by atoms with Gasteiger partial charge in [-0.15, -0.1) is 0 Å². The van der Waals surface area contributed by atoms with Gasteiger partial charge in [0.25, 0.3) is 0 Å². The SMILES string of the molecule is Oc1sc2cc[nH]c2c1Cl. The molecule has 52 valence electrons. The van der Waals surface area contributed by atoms with Crippen molar-refractivity contribution in [2.24, 2.45) is 0 Å². The van der Waals surface area contributed by atoms with Crippen molar-refractivity contribution in [3.8, 4) is 5.06 Å². The zero-order valence-corrected chi connectivity index (χ0v) is 6.46. The Morgan fingerprint density at radius 2 is 2.40 bits per heavy atom. The molecule has 0 aliphatic heterocycles. The van der Waals surface area contributed by atoms with Gasteiger partial charge in [-0.2, -0.15) is 0 Å². The summed E-state index contributed by atoms with van der Waals surface area (Å²) in [5.41, 5.74) is 0.823.